The van der Waals surface area contributed by atoms with Gasteiger partial charge in [0.15, 0.2) is 0 Å². The Balaban J connectivity index is 2.16. The van der Waals surface area contributed by atoms with Gasteiger partial charge in [0.05, 0.1) is 0 Å². The van der Waals surface area contributed by atoms with Crippen molar-refractivity contribution in [2.45, 2.75) is 13.3 Å². The summed E-state index contributed by atoms with van der Waals surface area (Å²) in [6, 6.07) is 14.5. The molecule has 0 aromatic heterocycles. The van der Waals surface area contributed by atoms with Gasteiger partial charge in [-0.25, -0.2) is 4.39 Å². The first kappa shape index (κ1) is 11.5. The number of nitrogens with one attached hydrogen (secondary N) is 1. The Kier molecular flexibility index (Phi) is 3.33. The Hall–Kier alpha value is -1.96. The van der Waals surface area contributed by atoms with Crippen molar-refractivity contribution >= 4 is 5.71 Å². The molecule has 0 fully saturated rings. The molecule has 0 aliphatic carbocycles. The van der Waals surface area contributed by atoms with Crippen LogP contribution in [0.1, 0.15) is 23.6 Å². The maximum Gasteiger partial charge on any atom is 0.123 e. The van der Waals surface area contributed by atoms with Crippen molar-refractivity contribution in [3.05, 3.63) is 71.0 Å². The summed E-state index contributed by atoms with van der Waals surface area (Å²) >= 11 is 0. The third-order valence-electron chi connectivity index (χ3n) is 2.68. The van der Waals surface area contributed by atoms with E-state index in [2.05, 4.69) is 0 Å². The van der Waals surface area contributed by atoms with Crippen LogP contribution >= 0.6 is 0 Å². The van der Waals surface area contributed by atoms with Crippen LogP contribution < -0.4 is 0 Å². The van der Waals surface area contributed by atoms with Crippen molar-refractivity contribution < 1.29 is 4.39 Å². The van der Waals surface area contributed by atoms with Gasteiger partial charge in [-0.2, -0.15) is 0 Å². The lowest BCUT2D eigenvalue weighted by molar-refractivity contribution is 0.626. The molecule has 0 aliphatic rings. The molecular formula is C15H14FN. The SMILES string of the molecule is CC(=N)c1ccc(Cc2cccc(F)c2)cc1. The first-order valence-electron chi connectivity index (χ1n) is 5.54. The quantitative estimate of drug-likeness (QED) is 0.771. The Labute approximate surface area is 100 Å². The fraction of sp³-hybridized carbons (Fsp3) is 0.133. The summed E-state index contributed by atoms with van der Waals surface area (Å²) in [5.41, 5.74) is 3.57. The van der Waals surface area contributed by atoms with Crippen LogP contribution in [-0.4, -0.2) is 5.71 Å². The standard InChI is InChI=1S/C15H14FN/c1-11(17)14-7-5-12(6-8-14)9-13-3-2-4-15(16)10-13/h2-8,10,17H,9H2,1H3. The highest BCUT2D eigenvalue weighted by atomic mass is 19.1. The average Bonchev–Trinajstić information content (AvgIpc) is 2.29. The lowest BCUT2D eigenvalue weighted by Crippen LogP contribution is -1.93. The highest BCUT2D eigenvalue weighted by Crippen LogP contribution is 2.12. The van der Waals surface area contributed by atoms with Crippen LogP contribution in [0.4, 0.5) is 4.39 Å². The Morgan fingerprint density at radius 1 is 1.06 bits per heavy atom. The number of halogens is 1. The maximum absolute atomic E-state index is 13.0. The smallest absolute Gasteiger partial charge is 0.123 e. The van der Waals surface area contributed by atoms with Gasteiger partial charge in [0, 0.05) is 5.71 Å². The van der Waals surface area contributed by atoms with Gasteiger partial charge in [-0.1, -0.05) is 36.4 Å². The zero-order chi connectivity index (χ0) is 12.3. The van der Waals surface area contributed by atoms with E-state index in [1.54, 1.807) is 19.1 Å². The molecule has 0 heterocycles. The van der Waals surface area contributed by atoms with Crippen molar-refractivity contribution in [3.63, 3.8) is 0 Å². The predicted octanol–water partition coefficient (Wildman–Crippen LogP) is 3.80. The van der Waals surface area contributed by atoms with Crippen molar-refractivity contribution in [3.8, 4) is 0 Å². The molecule has 0 bridgehead atoms. The van der Waals surface area contributed by atoms with Crippen LogP contribution in [0.25, 0.3) is 0 Å². The van der Waals surface area contributed by atoms with E-state index in [1.807, 2.05) is 30.3 Å². The van der Waals surface area contributed by atoms with Gasteiger partial charge >= 0.3 is 0 Å². The van der Waals surface area contributed by atoms with Gasteiger partial charge in [0.1, 0.15) is 5.82 Å². The molecule has 0 radical (unpaired) electrons. The topological polar surface area (TPSA) is 23.9 Å². The zero-order valence-electron chi connectivity index (χ0n) is 9.70. The average molecular weight is 227 g/mol. The largest absolute Gasteiger partial charge is 0.305 e. The van der Waals surface area contributed by atoms with Crippen molar-refractivity contribution in [1.82, 2.24) is 0 Å². The van der Waals surface area contributed by atoms with Crippen LogP contribution in [0, 0.1) is 11.2 Å². The second kappa shape index (κ2) is 4.91. The summed E-state index contributed by atoms with van der Waals surface area (Å²) in [6.07, 6.45) is 0.717. The fourth-order valence-corrected chi connectivity index (χ4v) is 1.76. The van der Waals surface area contributed by atoms with Crippen molar-refractivity contribution in [2.24, 2.45) is 0 Å². The molecule has 0 atom stereocenters. The first-order chi connectivity index (χ1) is 8.15. The van der Waals surface area contributed by atoms with Crippen LogP contribution in [0.5, 0.6) is 0 Å². The van der Waals surface area contributed by atoms with Gasteiger partial charge in [-0.15, -0.1) is 0 Å². The summed E-state index contributed by atoms with van der Waals surface area (Å²) in [5, 5.41) is 7.51. The third-order valence-corrected chi connectivity index (χ3v) is 2.68. The fourth-order valence-electron chi connectivity index (χ4n) is 1.76. The number of rotatable bonds is 3. The lowest BCUT2D eigenvalue weighted by atomic mass is 10.0. The molecule has 17 heavy (non-hydrogen) atoms. The van der Waals surface area contributed by atoms with E-state index in [-0.39, 0.29) is 5.82 Å². The van der Waals surface area contributed by atoms with Crippen LogP contribution in [0.15, 0.2) is 48.5 Å². The molecule has 1 N–H and O–H groups in total. The molecule has 0 aliphatic heterocycles. The van der Waals surface area contributed by atoms with E-state index in [0.29, 0.717) is 5.71 Å². The zero-order valence-corrected chi connectivity index (χ0v) is 9.70. The molecule has 0 spiro atoms. The lowest BCUT2D eigenvalue weighted by Gasteiger charge is -2.04. The van der Waals surface area contributed by atoms with Gasteiger partial charge < -0.3 is 5.41 Å². The molecule has 0 saturated carbocycles. The molecule has 0 saturated heterocycles. The Morgan fingerprint density at radius 3 is 2.35 bits per heavy atom. The van der Waals surface area contributed by atoms with E-state index in [1.165, 1.54) is 6.07 Å². The van der Waals surface area contributed by atoms with Crippen LogP contribution in [-0.2, 0) is 6.42 Å². The minimum atomic E-state index is -0.200. The molecule has 0 amide bonds. The summed E-state index contributed by atoms with van der Waals surface area (Å²) in [4.78, 5) is 0. The van der Waals surface area contributed by atoms with Crippen LogP contribution in [0.2, 0.25) is 0 Å². The molecule has 86 valence electrons. The molecule has 2 aromatic rings. The van der Waals surface area contributed by atoms with Crippen LogP contribution in [0.3, 0.4) is 0 Å². The monoisotopic (exact) mass is 227 g/mol. The third kappa shape index (κ3) is 3.00. The highest BCUT2D eigenvalue weighted by Gasteiger charge is 1.99. The number of hydrogen-bond donors (Lipinski definition) is 1. The highest BCUT2D eigenvalue weighted by molar-refractivity contribution is 5.96. The second-order valence-corrected chi connectivity index (χ2v) is 4.13. The number of hydrogen-bond acceptors (Lipinski definition) is 1. The van der Waals surface area contributed by atoms with E-state index in [4.69, 9.17) is 5.41 Å². The molecular weight excluding hydrogens is 213 g/mol. The van der Waals surface area contributed by atoms with Crippen molar-refractivity contribution in [1.29, 1.82) is 5.41 Å². The predicted molar refractivity (Wildman–Crippen MR) is 68.2 cm³/mol. The maximum atomic E-state index is 13.0. The minimum absolute atomic E-state index is 0.200. The van der Waals surface area contributed by atoms with E-state index in [0.717, 1.165) is 23.1 Å². The molecule has 2 heteroatoms. The first-order valence-corrected chi connectivity index (χ1v) is 5.54. The van der Waals surface area contributed by atoms with Gasteiger partial charge in [0.2, 0.25) is 0 Å². The molecule has 0 unspecified atom stereocenters. The molecule has 2 rings (SSSR count). The van der Waals surface area contributed by atoms with E-state index in [9.17, 15) is 4.39 Å². The molecule has 1 nitrogen and oxygen atoms in total. The summed E-state index contributed by atoms with van der Waals surface area (Å²) in [6.45, 7) is 1.77. The normalized spacial score (nSPS) is 10.2. The second-order valence-electron chi connectivity index (χ2n) is 4.13. The van der Waals surface area contributed by atoms with Gasteiger partial charge in [0.25, 0.3) is 0 Å². The molecule has 2 aromatic carbocycles. The van der Waals surface area contributed by atoms with E-state index >= 15 is 0 Å². The summed E-state index contributed by atoms with van der Waals surface area (Å²) in [7, 11) is 0. The van der Waals surface area contributed by atoms with E-state index < -0.39 is 0 Å². The summed E-state index contributed by atoms with van der Waals surface area (Å²) < 4.78 is 13.0. The van der Waals surface area contributed by atoms with Gasteiger partial charge in [-0.3, -0.25) is 0 Å². The Morgan fingerprint density at radius 2 is 1.76 bits per heavy atom. The van der Waals surface area contributed by atoms with Crippen molar-refractivity contribution in [2.75, 3.05) is 0 Å². The summed E-state index contributed by atoms with van der Waals surface area (Å²) in [5.74, 6) is -0.200. The number of benzene rings is 2. The minimum Gasteiger partial charge on any atom is -0.305 e. The Bertz CT molecular complexity index is 529. The van der Waals surface area contributed by atoms with Gasteiger partial charge in [-0.05, 0) is 42.2 Å².